The molecule has 1 saturated heterocycles. The third kappa shape index (κ3) is 3.32. The minimum Gasteiger partial charge on any atom is -0.335 e. The van der Waals surface area contributed by atoms with Crippen LogP contribution in [-0.4, -0.2) is 42.7 Å². The Morgan fingerprint density at radius 2 is 2.21 bits per heavy atom. The van der Waals surface area contributed by atoms with Crippen LogP contribution in [0.4, 0.5) is 0 Å². The molecular formula is C16H21N5O3. The van der Waals surface area contributed by atoms with Crippen molar-refractivity contribution in [1.29, 1.82) is 0 Å². The number of carbonyl (C=O) groups is 1. The molecule has 1 atom stereocenters. The number of aromatic amines is 1. The molecule has 1 aliphatic heterocycles. The topological polar surface area (TPSA) is 93.0 Å². The summed E-state index contributed by atoms with van der Waals surface area (Å²) in [6, 6.07) is 1.94. The first-order valence-electron chi connectivity index (χ1n) is 8.14. The maximum Gasteiger partial charge on any atom is 0.328 e. The van der Waals surface area contributed by atoms with Crippen molar-refractivity contribution in [2.45, 2.75) is 38.3 Å². The molecule has 1 aliphatic rings. The van der Waals surface area contributed by atoms with Crippen molar-refractivity contribution in [2.24, 2.45) is 7.05 Å². The fourth-order valence-electron chi connectivity index (χ4n) is 3.15. The number of amides is 1. The first-order chi connectivity index (χ1) is 11.6. The third-order valence-electron chi connectivity index (χ3n) is 4.48. The van der Waals surface area contributed by atoms with Crippen LogP contribution in [0, 0.1) is 0 Å². The molecule has 8 heteroatoms. The number of aryl methyl sites for hydroxylation is 2. The molecule has 2 aromatic heterocycles. The maximum absolute atomic E-state index is 12.8. The summed E-state index contributed by atoms with van der Waals surface area (Å²) in [6.07, 6.45) is 8.64. The number of aromatic nitrogens is 4. The van der Waals surface area contributed by atoms with E-state index in [-0.39, 0.29) is 17.5 Å². The molecule has 0 bridgehead atoms. The molecule has 3 rings (SSSR count). The zero-order valence-corrected chi connectivity index (χ0v) is 13.6. The van der Waals surface area contributed by atoms with Crippen LogP contribution in [0.2, 0.25) is 0 Å². The van der Waals surface area contributed by atoms with Crippen molar-refractivity contribution >= 4 is 5.91 Å². The summed E-state index contributed by atoms with van der Waals surface area (Å²) in [4.78, 5) is 40.2. The quantitative estimate of drug-likeness (QED) is 0.875. The molecule has 128 valence electrons. The molecule has 0 saturated carbocycles. The van der Waals surface area contributed by atoms with Gasteiger partial charge in [0.05, 0.1) is 0 Å². The summed E-state index contributed by atoms with van der Waals surface area (Å²) in [5.74, 6) is -0.308. The molecule has 8 nitrogen and oxygen atoms in total. The minimum absolute atomic E-state index is 0.0167. The number of nitrogens with zero attached hydrogens (tertiary/aromatic N) is 4. The fraction of sp³-hybridized carbons (Fsp3) is 0.500. The highest BCUT2D eigenvalue weighted by Gasteiger charge is 2.29. The summed E-state index contributed by atoms with van der Waals surface area (Å²) in [6.45, 7) is 1.36. The molecule has 2 aromatic rings. The van der Waals surface area contributed by atoms with E-state index in [1.807, 2.05) is 16.9 Å². The molecule has 3 heterocycles. The van der Waals surface area contributed by atoms with Gasteiger partial charge in [-0.15, -0.1) is 0 Å². The van der Waals surface area contributed by atoms with Crippen LogP contribution in [0.1, 0.15) is 36.0 Å². The Bertz CT molecular complexity index is 821. The lowest BCUT2D eigenvalue weighted by Crippen LogP contribution is -2.46. The largest absolute Gasteiger partial charge is 0.335 e. The van der Waals surface area contributed by atoms with Gasteiger partial charge >= 0.3 is 5.69 Å². The number of likely N-dealkylation sites (tertiary alicyclic amines) is 1. The second-order valence-electron chi connectivity index (χ2n) is 6.12. The second kappa shape index (κ2) is 6.86. The van der Waals surface area contributed by atoms with Gasteiger partial charge in [-0.25, -0.2) is 4.79 Å². The average molecular weight is 331 g/mol. The zero-order chi connectivity index (χ0) is 17.1. The third-order valence-corrected chi connectivity index (χ3v) is 4.48. The molecule has 0 aliphatic carbocycles. The normalized spacial score (nSPS) is 17.9. The summed E-state index contributed by atoms with van der Waals surface area (Å²) in [7, 11) is 1.51. The molecular weight excluding hydrogens is 310 g/mol. The van der Waals surface area contributed by atoms with Gasteiger partial charge in [0, 0.05) is 44.8 Å². The van der Waals surface area contributed by atoms with Crippen LogP contribution in [0.5, 0.6) is 0 Å². The van der Waals surface area contributed by atoms with Gasteiger partial charge < -0.3 is 9.47 Å². The van der Waals surface area contributed by atoms with Crippen LogP contribution < -0.4 is 11.2 Å². The lowest BCUT2D eigenvalue weighted by molar-refractivity contribution is 0.0591. The predicted octanol–water partition coefficient (Wildman–Crippen LogP) is 0.355. The van der Waals surface area contributed by atoms with Crippen molar-refractivity contribution in [3.8, 4) is 0 Å². The van der Waals surface area contributed by atoms with E-state index in [4.69, 9.17) is 0 Å². The van der Waals surface area contributed by atoms with Crippen molar-refractivity contribution in [3.63, 3.8) is 0 Å². The Kier molecular flexibility index (Phi) is 4.64. The van der Waals surface area contributed by atoms with Crippen molar-refractivity contribution < 1.29 is 4.79 Å². The Balaban J connectivity index is 1.79. The Hall–Kier alpha value is -2.64. The number of hydrogen-bond acceptors (Lipinski definition) is 4. The monoisotopic (exact) mass is 331 g/mol. The highest BCUT2D eigenvalue weighted by molar-refractivity contribution is 5.93. The molecule has 0 aromatic carbocycles. The number of nitrogens with one attached hydrogen (secondary N) is 1. The Morgan fingerprint density at radius 3 is 2.96 bits per heavy atom. The zero-order valence-electron chi connectivity index (χ0n) is 13.6. The molecule has 0 unspecified atom stereocenters. The van der Waals surface area contributed by atoms with Gasteiger partial charge in [-0.3, -0.25) is 19.3 Å². The van der Waals surface area contributed by atoms with Gasteiger partial charge in [0.1, 0.15) is 5.56 Å². The minimum atomic E-state index is -0.625. The van der Waals surface area contributed by atoms with E-state index in [0.717, 1.165) is 32.2 Å². The van der Waals surface area contributed by atoms with E-state index in [1.165, 1.54) is 17.8 Å². The van der Waals surface area contributed by atoms with Gasteiger partial charge in [-0.05, 0) is 31.7 Å². The number of piperidine rings is 1. The number of H-pyrrole nitrogens is 1. The van der Waals surface area contributed by atoms with Gasteiger partial charge in [0.2, 0.25) is 0 Å². The first kappa shape index (κ1) is 16.2. The predicted molar refractivity (Wildman–Crippen MR) is 87.8 cm³/mol. The van der Waals surface area contributed by atoms with Crippen LogP contribution in [0.3, 0.4) is 0 Å². The molecule has 1 N–H and O–H groups in total. The summed E-state index contributed by atoms with van der Waals surface area (Å²) >= 11 is 0. The van der Waals surface area contributed by atoms with Crippen molar-refractivity contribution in [3.05, 3.63) is 51.1 Å². The lowest BCUT2D eigenvalue weighted by atomic mass is 9.98. The van der Waals surface area contributed by atoms with Gasteiger partial charge in [0.25, 0.3) is 11.5 Å². The second-order valence-corrected chi connectivity index (χ2v) is 6.12. The first-order valence-corrected chi connectivity index (χ1v) is 8.14. The lowest BCUT2D eigenvalue weighted by Gasteiger charge is -2.35. The number of hydrogen-bond donors (Lipinski definition) is 1. The van der Waals surface area contributed by atoms with Crippen LogP contribution in [0.15, 0.2) is 34.2 Å². The fourth-order valence-corrected chi connectivity index (χ4v) is 3.15. The summed E-state index contributed by atoms with van der Waals surface area (Å²) in [5.41, 5.74) is -1.13. The number of rotatable bonds is 4. The molecule has 1 amide bonds. The van der Waals surface area contributed by atoms with E-state index < -0.39 is 11.2 Å². The van der Waals surface area contributed by atoms with Gasteiger partial charge in [-0.2, -0.15) is 5.10 Å². The molecule has 1 fully saturated rings. The highest BCUT2D eigenvalue weighted by atomic mass is 16.2. The summed E-state index contributed by atoms with van der Waals surface area (Å²) < 4.78 is 3.06. The number of carbonyl (C=O) groups excluding carboxylic acids is 1. The molecule has 0 radical (unpaired) electrons. The van der Waals surface area contributed by atoms with E-state index in [2.05, 4.69) is 10.1 Å². The Morgan fingerprint density at radius 1 is 1.38 bits per heavy atom. The van der Waals surface area contributed by atoms with Gasteiger partial charge in [0.15, 0.2) is 0 Å². The van der Waals surface area contributed by atoms with Crippen LogP contribution >= 0.6 is 0 Å². The van der Waals surface area contributed by atoms with Gasteiger partial charge in [-0.1, -0.05) is 0 Å². The van der Waals surface area contributed by atoms with E-state index in [0.29, 0.717) is 6.54 Å². The van der Waals surface area contributed by atoms with Crippen molar-refractivity contribution in [1.82, 2.24) is 24.2 Å². The van der Waals surface area contributed by atoms with E-state index in [1.54, 1.807) is 11.1 Å². The average Bonchev–Trinajstić information content (AvgIpc) is 3.09. The molecule has 0 spiro atoms. The van der Waals surface area contributed by atoms with Crippen LogP contribution in [0.25, 0.3) is 0 Å². The standard InChI is InChI=1S/C16H21N5O3/c1-19-11-13(14(22)18-16(19)24)15(23)21-9-3-2-5-12(21)6-10-20-8-4-7-17-20/h4,7-8,11-12H,2-3,5-6,9-10H2,1H3,(H,18,22,24)/t12-/m1/s1. The smallest absolute Gasteiger partial charge is 0.328 e. The molecule has 24 heavy (non-hydrogen) atoms. The SMILES string of the molecule is Cn1cc(C(=O)N2CCCC[C@@H]2CCn2cccn2)c(=O)[nH]c1=O. The van der Waals surface area contributed by atoms with Crippen molar-refractivity contribution in [2.75, 3.05) is 6.54 Å². The Labute approximate surface area is 138 Å². The van der Waals surface area contributed by atoms with E-state index in [9.17, 15) is 14.4 Å². The maximum atomic E-state index is 12.8. The summed E-state index contributed by atoms with van der Waals surface area (Å²) in [5, 5.41) is 4.18. The highest BCUT2D eigenvalue weighted by Crippen LogP contribution is 2.21. The van der Waals surface area contributed by atoms with E-state index >= 15 is 0 Å². The van der Waals surface area contributed by atoms with Crippen LogP contribution in [-0.2, 0) is 13.6 Å².